The van der Waals surface area contributed by atoms with Crippen molar-refractivity contribution in [3.8, 4) is 5.75 Å². The van der Waals surface area contributed by atoms with Crippen LogP contribution >= 0.6 is 0 Å². The van der Waals surface area contributed by atoms with Crippen LogP contribution in [0.15, 0.2) is 78.9 Å². The quantitative estimate of drug-likeness (QED) is 0.0435. The molecule has 10 N–H and O–H groups in total. The van der Waals surface area contributed by atoms with Gasteiger partial charge in [0.2, 0.25) is 41.2 Å². The Morgan fingerprint density at radius 1 is 0.603 bits per heavy atom. The third-order valence-corrected chi connectivity index (χ3v) is 11.6. The first kappa shape index (κ1) is 59.7. The molecule has 73 heavy (non-hydrogen) atoms. The lowest BCUT2D eigenvalue weighted by Crippen LogP contribution is -2.62. The summed E-state index contributed by atoms with van der Waals surface area (Å²) in [5.41, 5.74) is 7.06. The SMILES string of the molecule is CCCC[C@H](NC(=O)[C@H](CC(C)C)NC(=O)[C@@H](NC(=O)[C@H](Cc1ccccc1C)NC(=O)[C@@H](Cc1ccc(OCc2ccccc2)cc1)NC(=O)[C@H](CC(=O)O)NC(=O)CCC(=O)O)C(C)(C)C)C(=O)C(N)=O. The molecule has 0 heterocycles. The first-order valence-corrected chi connectivity index (χ1v) is 24.3. The number of ether oxygens (including phenoxy) is 1. The zero-order valence-corrected chi connectivity index (χ0v) is 42.6. The molecule has 0 radical (unpaired) electrons. The van der Waals surface area contributed by atoms with Crippen LogP contribution in [0.2, 0.25) is 0 Å². The molecule has 0 spiro atoms. The van der Waals surface area contributed by atoms with Crippen LogP contribution in [0.3, 0.4) is 0 Å². The smallest absolute Gasteiger partial charge is 0.305 e. The molecule has 0 saturated carbocycles. The monoisotopic (exact) mass is 1010 g/mol. The predicted octanol–water partition coefficient (Wildman–Crippen LogP) is 2.94. The van der Waals surface area contributed by atoms with E-state index in [1.807, 2.05) is 51.1 Å². The van der Waals surface area contributed by atoms with Crippen molar-refractivity contribution < 1.29 is 62.9 Å². The summed E-state index contributed by atoms with van der Waals surface area (Å²) in [6.45, 7) is 12.6. The summed E-state index contributed by atoms with van der Waals surface area (Å²) < 4.78 is 5.91. The number of carboxylic acids is 2. The number of hydrogen-bond acceptors (Lipinski definition) is 11. The van der Waals surface area contributed by atoms with Crippen LogP contribution in [-0.2, 0) is 67.4 Å². The van der Waals surface area contributed by atoms with Gasteiger partial charge in [0.05, 0.1) is 18.9 Å². The Balaban J connectivity index is 2.02. The van der Waals surface area contributed by atoms with Gasteiger partial charge in [0.25, 0.3) is 5.91 Å². The average Bonchev–Trinajstić information content (AvgIpc) is 3.32. The second kappa shape index (κ2) is 29.0. The number of nitrogens with one attached hydrogen (secondary N) is 6. The molecule has 7 amide bonds. The van der Waals surface area contributed by atoms with Gasteiger partial charge < -0.3 is 52.6 Å². The molecule has 0 aliphatic rings. The molecule has 0 bridgehead atoms. The van der Waals surface area contributed by atoms with Crippen molar-refractivity contribution >= 4 is 59.1 Å². The Kier molecular flexibility index (Phi) is 23.7. The Bertz CT molecular complexity index is 2400. The Hall–Kier alpha value is -7.64. The fourth-order valence-corrected chi connectivity index (χ4v) is 7.59. The lowest BCUT2D eigenvalue weighted by molar-refractivity contribution is -0.142. The van der Waals surface area contributed by atoms with Gasteiger partial charge in [-0.25, -0.2) is 0 Å². The average molecular weight is 1010 g/mol. The second-order valence-corrected chi connectivity index (χ2v) is 19.4. The summed E-state index contributed by atoms with van der Waals surface area (Å²) in [5.74, 6) is -9.92. The number of carboxylic acid groups (broad SMARTS) is 2. The molecule has 0 aliphatic heterocycles. The van der Waals surface area contributed by atoms with Gasteiger partial charge in [-0.3, -0.25) is 47.9 Å². The van der Waals surface area contributed by atoms with Crippen LogP contribution in [0.5, 0.6) is 5.75 Å². The maximum Gasteiger partial charge on any atom is 0.305 e. The topological polar surface area (TPSA) is 319 Å². The fourth-order valence-electron chi connectivity index (χ4n) is 7.59. The molecular weight excluding hydrogens is 943 g/mol. The van der Waals surface area contributed by atoms with E-state index in [9.17, 15) is 53.1 Å². The van der Waals surface area contributed by atoms with E-state index in [-0.39, 0.29) is 38.2 Å². The van der Waals surface area contributed by atoms with E-state index in [0.29, 0.717) is 29.7 Å². The van der Waals surface area contributed by atoms with Gasteiger partial charge >= 0.3 is 11.9 Å². The zero-order valence-electron chi connectivity index (χ0n) is 42.6. The minimum Gasteiger partial charge on any atom is -0.489 e. The molecule has 3 rings (SSSR count). The maximum absolute atomic E-state index is 14.7. The molecular formula is C53H71N7O13. The fraction of sp³-hybridized carbons (Fsp3) is 0.472. The van der Waals surface area contributed by atoms with Crippen LogP contribution in [0.1, 0.15) is 109 Å². The normalized spacial score (nSPS) is 13.6. The number of Topliss-reactive ketones (excluding diaryl/α,β-unsaturated/α-hetero) is 1. The van der Waals surface area contributed by atoms with Crippen molar-refractivity contribution in [2.24, 2.45) is 17.1 Å². The summed E-state index contributed by atoms with van der Waals surface area (Å²) in [6.07, 6.45) is -1.04. The Morgan fingerprint density at radius 2 is 1.15 bits per heavy atom. The third-order valence-electron chi connectivity index (χ3n) is 11.6. The molecule has 0 aliphatic carbocycles. The molecule has 0 unspecified atom stereocenters. The largest absolute Gasteiger partial charge is 0.489 e. The van der Waals surface area contributed by atoms with Crippen LogP contribution in [0.4, 0.5) is 0 Å². The summed E-state index contributed by atoms with van der Waals surface area (Å²) in [4.78, 5) is 132. The van der Waals surface area contributed by atoms with Gasteiger partial charge in [-0.1, -0.05) is 121 Å². The van der Waals surface area contributed by atoms with Gasteiger partial charge in [-0.15, -0.1) is 0 Å². The van der Waals surface area contributed by atoms with E-state index in [2.05, 4.69) is 31.9 Å². The minimum absolute atomic E-state index is 0.107. The number of benzene rings is 3. The van der Waals surface area contributed by atoms with Crippen LogP contribution in [0, 0.1) is 18.3 Å². The van der Waals surface area contributed by atoms with E-state index in [1.165, 1.54) is 0 Å². The lowest BCUT2D eigenvalue weighted by Gasteiger charge is -2.34. The number of carbonyl (C=O) groups is 10. The van der Waals surface area contributed by atoms with Gasteiger partial charge in [0.1, 0.15) is 42.6 Å². The number of nitrogens with two attached hydrogens (primary N) is 1. The van der Waals surface area contributed by atoms with Gasteiger partial charge in [-0.2, -0.15) is 0 Å². The molecule has 20 heteroatoms. The van der Waals surface area contributed by atoms with Crippen molar-refractivity contribution in [3.63, 3.8) is 0 Å². The highest BCUT2D eigenvalue weighted by Gasteiger charge is 2.39. The third kappa shape index (κ3) is 20.9. The molecule has 0 aromatic heterocycles. The number of aliphatic carboxylic acids is 2. The second-order valence-electron chi connectivity index (χ2n) is 19.4. The van der Waals surface area contributed by atoms with Crippen molar-refractivity contribution in [1.29, 1.82) is 0 Å². The summed E-state index contributed by atoms with van der Waals surface area (Å²) in [6, 6.07) is 14.6. The van der Waals surface area contributed by atoms with E-state index in [0.717, 1.165) is 11.1 Å². The van der Waals surface area contributed by atoms with E-state index < -0.39 is 120 Å². The number of amides is 7. The Labute approximate surface area is 425 Å². The summed E-state index contributed by atoms with van der Waals surface area (Å²) in [5, 5.41) is 34.3. The molecule has 6 atom stereocenters. The molecule has 3 aromatic rings. The van der Waals surface area contributed by atoms with Crippen molar-refractivity contribution in [1.82, 2.24) is 31.9 Å². The number of ketones is 1. The lowest BCUT2D eigenvalue weighted by atomic mass is 9.85. The summed E-state index contributed by atoms with van der Waals surface area (Å²) in [7, 11) is 0. The highest BCUT2D eigenvalue weighted by Crippen LogP contribution is 2.22. The Morgan fingerprint density at radius 3 is 1.71 bits per heavy atom. The first-order valence-electron chi connectivity index (χ1n) is 24.3. The molecule has 0 saturated heterocycles. The zero-order chi connectivity index (χ0) is 54.4. The number of carbonyl (C=O) groups excluding carboxylic acids is 8. The molecule has 396 valence electrons. The maximum atomic E-state index is 14.7. The van der Waals surface area contributed by atoms with Crippen molar-refractivity contribution in [2.75, 3.05) is 0 Å². The van der Waals surface area contributed by atoms with Crippen LogP contribution < -0.4 is 42.4 Å². The number of rotatable bonds is 30. The van der Waals surface area contributed by atoms with E-state index >= 15 is 0 Å². The summed E-state index contributed by atoms with van der Waals surface area (Å²) >= 11 is 0. The number of hydrogen-bond donors (Lipinski definition) is 9. The predicted molar refractivity (Wildman–Crippen MR) is 269 cm³/mol. The van der Waals surface area contributed by atoms with Crippen molar-refractivity contribution in [2.45, 2.75) is 149 Å². The van der Waals surface area contributed by atoms with Gasteiger partial charge in [0.15, 0.2) is 0 Å². The van der Waals surface area contributed by atoms with Crippen LogP contribution in [-0.4, -0.2) is 106 Å². The number of unbranched alkanes of at least 4 members (excludes halogenated alkanes) is 1. The standard InChI is InChI=1S/C53H71N7O13/c1-8-9-19-37(45(66)47(54)67)56-48(68)38(26-31(2)3)59-52(72)46(53(5,6)7)60-51(71)40(28-35-18-14-13-15-32(35)4)58-49(69)39(57-50(70)41(29-44(64)65)55-42(61)24-25-43(62)63)27-33-20-22-36(23-21-33)73-30-34-16-11-10-12-17-34/h10-18,20-23,31,37-41,46H,8-9,19,24-30H2,1-7H3,(H2,54,67)(H,55,61)(H,56,68)(H,57,70)(H,58,69)(H,59,72)(H,60,71)(H,62,63)(H,64,65)/t37-,38-,39+,40-,41-,46+/m0/s1. The van der Waals surface area contributed by atoms with E-state index in [1.54, 1.807) is 76.2 Å². The van der Waals surface area contributed by atoms with E-state index in [4.69, 9.17) is 15.6 Å². The molecule has 3 aromatic carbocycles. The van der Waals surface area contributed by atoms with Crippen LogP contribution in [0.25, 0.3) is 0 Å². The minimum atomic E-state index is -1.74. The molecule has 20 nitrogen and oxygen atoms in total. The van der Waals surface area contributed by atoms with Gasteiger partial charge in [-0.05, 0) is 65.5 Å². The first-order chi connectivity index (χ1) is 34.4. The molecule has 0 fully saturated rings. The van der Waals surface area contributed by atoms with Gasteiger partial charge in [0, 0.05) is 19.3 Å². The highest BCUT2D eigenvalue weighted by molar-refractivity contribution is 6.37. The number of aryl methyl sites for hydroxylation is 1. The highest BCUT2D eigenvalue weighted by atomic mass is 16.5. The van der Waals surface area contributed by atoms with Crippen molar-refractivity contribution in [3.05, 3.63) is 101 Å². The number of primary amides is 1.